The maximum Gasteiger partial charge on any atom is 0.490 e. The van der Waals surface area contributed by atoms with Crippen LogP contribution in [0.5, 0.6) is 0 Å². The Morgan fingerprint density at radius 3 is 2.79 bits per heavy atom. The van der Waals surface area contributed by atoms with Gasteiger partial charge in [0.05, 0.1) is 5.92 Å². The van der Waals surface area contributed by atoms with Crippen molar-refractivity contribution in [1.29, 1.82) is 0 Å². The molecule has 3 aromatic heterocycles. The minimum absolute atomic E-state index is 0.339. The topological polar surface area (TPSA) is 108 Å². The lowest BCUT2D eigenvalue weighted by Crippen LogP contribution is -2.21. The number of alkyl halides is 3. The summed E-state index contributed by atoms with van der Waals surface area (Å²) >= 11 is 3.44. The Morgan fingerprint density at radius 1 is 1.46 bits per heavy atom. The minimum atomic E-state index is -5.08. The molecule has 1 aliphatic heterocycles. The Kier molecular flexibility index (Phi) is 5.70. The van der Waals surface area contributed by atoms with E-state index in [-0.39, 0.29) is 0 Å². The second kappa shape index (κ2) is 7.87. The Morgan fingerprint density at radius 2 is 2.18 bits per heavy atom. The molecule has 0 saturated carbocycles. The molecule has 8 nitrogen and oxygen atoms in total. The maximum absolute atomic E-state index is 10.6. The van der Waals surface area contributed by atoms with Crippen LogP contribution in [-0.4, -0.2) is 62.4 Å². The minimum Gasteiger partial charge on any atom is -0.475 e. The highest BCUT2D eigenvalue weighted by Gasteiger charge is 2.38. The molecule has 1 aliphatic rings. The molecule has 3 aromatic rings. The van der Waals surface area contributed by atoms with E-state index in [1.165, 1.54) is 0 Å². The summed E-state index contributed by atoms with van der Waals surface area (Å²) in [5.74, 6) is -1.07. The number of carboxylic acids is 1. The summed E-state index contributed by atoms with van der Waals surface area (Å²) in [7, 11) is 2.11. The second-order valence-corrected chi connectivity index (χ2v) is 7.17. The number of likely N-dealkylation sites (tertiary alicyclic amines) is 1. The first kappa shape index (κ1) is 20.3. The van der Waals surface area contributed by atoms with Crippen molar-refractivity contribution in [3.8, 4) is 11.4 Å². The summed E-state index contributed by atoms with van der Waals surface area (Å²) in [6.07, 6.45) is -0.378. The molecule has 1 atom stereocenters. The number of carbonyl (C=O) groups is 1. The van der Waals surface area contributed by atoms with Gasteiger partial charge in [-0.2, -0.15) is 18.2 Å². The number of rotatable bonds is 2. The van der Waals surface area contributed by atoms with Crippen molar-refractivity contribution in [2.75, 3.05) is 20.1 Å². The molecule has 150 valence electrons. The standard InChI is InChI=1S/C14H14BrN5O.C2HF3O2/c1-20-3-2-8(7-20)14-18-13(19-21-14)11-6-17-12-10(11)4-9(15)5-16-12;3-2(4,5)1(6)7/h4-6,8H,2-3,7H2,1H3,(H,16,17);(H,6,7)/t8-;/m0./s1. The number of fused-ring (bicyclic) bond motifs is 1. The first-order valence-electron chi connectivity index (χ1n) is 8.10. The molecular weight excluding hydrogens is 447 g/mol. The smallest absolute Gasteiger partial charge is 0.475 e. The quantitative estimate of drug-likeness (QED) is 0.601. The van der Waals surface area contributed by atoms with Crippen LogP contribution in [0, 0.1) is 0 Å². The summed E-state index contributed by atoms with van der Waals surface area (Å²) < 4.78 is 38.1. The largest absolute Gasteiger partial charge is 0.490 e. The van der Waals surface area contributed by atoms with E-state index in [1.54, 1.807) is 6.20 Å². The van der Waals surface area contributed by atoms with Gasteiger partial charge in [-0.3, -0.25) is 0 Å². The number of aliphatic carboxylic acids is 1. The molecule has 0 radical (unpaired) electrons. The van der Waals surface area contributed by atoms with Gasteiger partial charge in [-0.15, -0.1) is 0 Å². The third-order valence-electron chi connectivity index (χ3n) is 4.16. The number of nitrogens with zero attached hydrogens (tertiary/aromatic N) is 4. The van der Waals surface area contributed by atoms with Crippen LogP contribution in [0.25, 0.3) is 22.4 Å². The van der Waals surface area contributed by atoms with Gasteiger partial charge in [-0.25, -0.2) is 9.78 Å². The normalized spacial score (nSPS) is 17.5. The number of hydrogen-bond donors (Lipinski definition) is 2. The van der Waals surface area contributed by atoms with Gasteiger partial charge in [0.15, 0.2) is 0 Å². The highest BCUT2D eigenvalue weighted by Crippen LogP contribution is 2.30. The molecule has 1 saturated heterocycles. The van der Waals surface area contributed by atoms with Crippen LogP contribution in [0.1, 0.15) is 18.2 Å². The summed E-state index contributed by atoms with van der Waals surface area (Å²) in [4.78, 5) is 23.2. The van der Waals surface area contributed by atoms with Crippen molar-refractivity contribution in [1.82, 2.24) is 25.0 Å². The summed E-state index contributed by atoms with van der Waals surface area (Å²) in [5, 5.41) is 12.3. The van der Waals surface area contributed by atoms with Gasteiger partial charge in [0, 0.05) is 34.4 Å². The number of halogens is 4. The van der Waals surface area contributed by atoms with Crippen LogP contribution in [-0.2, 0) is 4.79 Å². The number of H-pyrrole nitrogens is 1. The Bertz CT molecular complexity index is 987. The number of likely N-dealkylation sites (N-methyl/N-ethyl adjacent to an activating group) is 1. The van der Waals surface area contributed by atoms with Gasteiger partial charge < -0.3 is 19.5 Å². The molecule has 28 heavy (non-hydrogen) atoms. The highest BCUT2D eigenvalue weighted by atomic mass is 79.9. The van der Waals surface area contributed by atoms with E-state index >= 15 is 0 Å². The monoisotopic (exact) mass is 461 g/mol. The molecule has 0 unspecified atom stereocenters. The third-order valence-corrected chi connectivity index (χ3v) is 4.60. The van der Waals surface area contributed by atoms with Crippen molar-refractivity contribution >= 4 is 32.9 Å². The summed E-state index contributed by atoms with van der Waals surface area (Å²) in [6, 6.07) is 2.01. The first-order chi connectivity index (χ1) is 13.1. The number of aromatic amines is 1. The lowest BCUT2D eigenvalue weighted by molar-refractivity contribution is -0.192. The van der Waals surface area contributed by atoms with E-state index in [4.69, 9.17) is 14.4 Å². The lowest BCUT2D eigenvalue weighted by atomic mass is 10.1. The molecule has 0 bridgehead atoms. The fourth-order valence-electron chi connectivity index (χ4n) is 2.81. The first-order valence-corrected chi connectivity index (χ1v) is 8.89. The zero-order valence-electron chi connectivity index (χ0n) is 14.5. The predicted octanol–water partition coefficient (Wildman–Crippen LogP) is 3.43. The van der Waals surface area contributed by atoms with Gasteiger partial charge in [0.2, 0.25) is 11.7 Å². The van der Waals surface area contributed by atoms with Crippen LogP contribution in [0.2, 0.25) is 0 Å². The van der Waals surface area contributed by atoms with Crippen LogP contribution in [0.15, 0.2) is 27.5 Å². The highest BCUT2D eigenvalue weighted by molar-refractivity contribution is 9.10. The SMILES string of the molecule is CN1CC[C@H](c2nc(-c3c[nH]c4ncc(Br)cc34)no2)C1.O=C(O)C(F)(F)F. The number of aromatic nitrogens is 4. The second-order valence-electron chi connectivity index (χ2n) is 6.26. The zero-order chi connectivity index (χ0) is 20.5. The van der Waals surface area contributed by atoms with E-state index in [2.05, 4.69) is 48.0 Å². The Hall–Kier alpha value is -2.47. The van der Waals surface area contributed by atoms with Gasteiger partial charge in [-0.1, -0.05) is 5.16 Å². The molecule has 12 heteroatoms. The number of hydrogen-bond acceptors (Lipinski definition) is 6. The molecule has 0 aliphatic carbocycles. The lowest BCUT2D eigenvalue weighted by Gasteiger charge is -2.04. The van der Waals surface area contributed by atoms with Gasteiger partial charge in [-0.05, 0) is 42.0 Å². The van der Waals surface area contributed by atoms with Crippen LogP contribution in [0.4, 0.5) is 13.2 Å². The van der Waals surface area contributed by atoms with E-state index in [0.29, 0.717) is 11.7 Å². The molecule has 0 spiro atoms. The van der Waals surface area contributed by atoms with E-state index < -0.39 is 12.1 Å². The van der Waals surface area contributed by atoms with Gasteiger partial charge in [0.25, 0.3) is 0 Å². The van der Waals surface area contributed by atoms with Crippen LogP contribution in [0.3, 0.4) is 0 Å². The molecule has 0 aromatic carbocycles. The van der Waals surface area contributed by atoms with Crippen LogP contribution < -0.4 is 0 Å². The van der Waals surface area contributed by atoms with Crippen LogP contribution >= 0.6 is 15.9 Å². The average Bonchev–Trinajstić information content (AvgIpc) is 3.32. The Labute approximate surface area is 164 Å². The number of pyridine rings is 1. The van der Waals surface area contributed by atoms with E-state index in [9.17, 15) is 13.2 Å². The third kappa shape index (κ3) is 4.50. The number of carboxylic acid groups (broad SMARTS) is 1. The zero-order valence-corrected chi connectivity index (χ0v) is 16.1. The van der Waals surface area contributed by atoms with Crippen molar-refractivity contribution in [3.05, 3.63) is 28.8 Å². The van der Waals surface area contributed by atoms with Crippen molar-refractivity contribution in [2.45, 2.75) is 18.5 Å². The molecular formula is C16H15BrF3N5O3. The fourth-order valence-corrected chi connectivity index (χ4v) is 3.14. The summed E-state index contributed by atoms with van der Waals surface area (Å²) in [6.45, 7) is 2.05. The van der Waals surface area contributed by atoms with Crippen molar-refractivity contribution in [2.24, 2.45) is 0 Å². The summed E-state index contributed by atoms with van der Waals surface area (Å²) in [5.41, 5.74) is 1.74. The number of nitrogens with one attached hydrogen (secondary N) is 1. The van der Waals surface area contributed by atoms with Crippen molar-refractivity contribution in [3.63, 3.8) is 0 Å². The Balaban J connectivity index is 0.000000279. The molecule has 4 rings (SSSR count). The predicted molar refractivity (Wildman–Crippen MR) is 95.6 cm³/mol. The maximum atomic E-state index is 10.6. The molecule has 4 heterocycles. The molecule has 2 N–H and O–H groups in total. The van der Waals surface area contributed by atoms with E-state index in [1.807, 2.05) is 12.3 Å². The van der Waals surface area contributed by atoms with Crippen molar-refractivity contribution < 1.29 is 27.6 Å². The molecule has 0 amide bonds. The molecule has 1 fully saturated rings. The van der Waals surface area contributed by atoms with Gasteiger partial charge >= 0.3 is 12.1 Å². The average molecular weight is 462 g/mol. The fraction of sp³-hybridized carbons (Fsp3) is 0.375. The van der Waals surface area contributed by atoms with E-state index in [0.717, 1.165) is 46.5 Å². The van der Waals surface area contributed by atoms with Gasteiger partial charge in [0.1, 0.15) is 5.65 Å².